The van der Waals surface area contributed by atoms with Crippen LogP contribution in [-0.2, 0) is 16.0 Å². The summed E-state index contributed by atoms with van der Waals surface area (Å²) in [4.78, 5) is 31.0. The molecule has 1 aliphatic heterocycles. The van der Waals surface area contributed by atoms with Crippen molar-refractivity contribution < 1.29 is 14.3 Å². The summed E-state index contributed by atoms with van der Waals surface area (Å²) in [7, 11) is 0. The normalized spacial score (nSPS) is 13.9. The van der Waals surface area contributed by atoms with Crippen molar-refractivity contribution in [3.63, 3.8) is 0 Å². The summed E-state index contributed by atoms with van der Waals surface area (Å²) >= 11 is 2.77. The molecule has 7 nitrogen and oxygen atoms in total. The van der Waals surface area contributed by atoms with E-state index in [1.54, 1.807) is 16.8 Å². The lowest BCUT2D eigenvalue weighted by molar-refractivity contribution is -0.115. The minimum absolute atomic E-state index is 0.148. The van der Waals surface area contributed by atoms with Gasteiger partial charge in [-0.05, 0) is 35.7 Å². The number of hydrogen-bond donors (Lipinski definition) is 2. The lowest BCUT2D eigenvalue weighted by Crippen LogP contribution is -2.36. The third-order valence-electron chi connectivity index (χ3n) is 4.42. The van der Waals surface area contributed by atoms with E-state index in [2.05, 4.69) is 20.5 Å². The number of thiophene rings is 1. The molecule has 3 aromatic rings. The summed E-state index contributed by atoms with van der Waals surface area (Å²) in [6.45, 7) is 3.23. The van der Waals surface area contributed by atoms with Crippen molar-refractivity contribution in [2.24, 2.45) is 0 Å². The molecule has 29 heavy (non-hydrogen) atoms. The second-order valence-corrected chi connectivity index (χ2v) is 8.12. The maximum Gasteiger partial charge on any atom is 0.258 e. The van der Waals surface area contributed by atoms with Crippen molar-refractivity contribution in [2.75, 3.05) is 41.8 Å². The van der Waals surface area contributed by atoms with Gasteiger partial charge in [0.15, 0.2) is 5.13 Å². The summed E-state index contributed by atoms with van der Waals surface area (Å²) in [5, 5.41) is 11.5. The molecule has 2 aromatic heterocycles. The van der Waals surface area contributed by atoms with Crippen LogP contribution in [0.15, 0.2) is 46.5 Å². The molecule has 0 spiro atoms. The van der Waals surface area contributed by atoms with Gasteiger partial charge in [0, 0.05) is 35.2 Å². The molecule has 150 valence electrons. The largest absolute Gasteiger partial charge is 0.378 e. The lowest BCUT2D eigenvalue weighted by Gasteiger charge is -2.28. The zero-order valence-electron chi connectivity index (χ0n) is 15.6. The van der Waals surface area contributed by atoms with E-state index in [1.807, 2.05) is 29.6 Å². The van der Waals surface area contributed by atoms with Crippen LogP contribution in [0.5, 0.6) is 0 Å². The van der Waals surface area contributed by atoms with Crippen LogP contribution in [0.2, 0.25) is 0 Å². The molecular weight excluding hydrogens is 408 g/mol. The second-order valence-electron chi connectivity index (χ2n) is 6.48. The third-order valence-corrected chi connectivity index (χ3v) is 5.91. The fraction of sp³-hybridized carbons (Fsp3) is 0.250. The van der Waals surface area contributed by atoms with Crippen molar-refractivity contribution >= 4 is 51.0 Å². The highest BCUT2D eigenvalue weighted by atomic mass is 32.1. The fourth-order valence-electron chi connectivity index (χ4n) is 2.96. The summed E-state index contributed by atoms with van der Waals surface area (Å²) in [5.41, 5.74) is 3.09. The molecule has 1 aromatic carbocycles. The number of nitrogens with one attached hydrogen (secondary N) is 2. The number of carbonyl (C=O) groups excluding carboxylic acids is 2. The first-order valence-electron chi connectivity index (χ1n) is 9.18. The molecule has 0 atom stereocenters. The third kappa shape index (κ3) is 5.20. The molecule has 0 radical (unpaired) electrons. The number of amides is 2. The van der Waals surface area contributed by atoms with Gasteiger partial charge in [-0.25, -0.2) is 4.98 Å². The van der Waals surface area contributed by atoms with Gasteiger partial charge < -0.3 is 15.0 Å². The van der Waals surface area contributed by atoms with Crippen molar-refractivity contribution in [1.82, 2.24) is 4.98 Å². The van der Waals surface area contributed by atoms with Crippen LogP contribution in [-0.4, -0.2) is 43.1 Å². The molecule has 2 N–H and O–H groups in total. The van der Waals surface area contributed by atoms with Crippen LogP contribution in [0.1, 0.15) is 16.1 Å². The zero-order chi connectivity index (χ0) is 20.1. The van der Waals surface area contributed by atoms with Gasteiger partial charge in [-0.3, -0.25) is 14.9 Å². The predicted octanol–water partition coefficient (Wildman–Crippen LogP) is 3.47. The molecule has 1 fully saturated rings. The number of morpholine rings is 1. The molecule has 4 rings (SSSR count). The van der Waals surface area contributed by atoms with Gasteiger partial charge >= 0.3 is 0 Å². The van der Waals surface area contributed by atoms with E-state index in [4.69, 9.17) is 4.74 Å². The number of hydrogen-bond acceptors (Lipinski definition) is 7. The van der Waals surface area contributed by atoms with Crippen molar-refractivity contribution in [3.8, 4) is 0 Å². The van der Waals surface area contributed by atoms with Gasteiger partial charge in [0.1, 0.15) is 0 Å². The Morgan fingerprint density at radius 2 is 1.86 bits per heavy atom. The van der Waals surface area contributed by atoms with Crippen LogP contribution in [0.25, 0.3) is 0 Å². The van der Waals surface area contributed by atoms with Gasteiger partial charge in [0.2, 0.25) is 5.91 Å². The monoisotopic (exact) mass is 428 g/mol. The summed E-state index contributed by atoms with van der Waals surface area (Å²) < 4.78 is 5.37. The van der Waals surface area contributed by atoms with E-state index in [0.717, 1.165) is 37.7 Å². The highest BCUT2D eigenvalue weighted by Crippen LogP contribution is 2.20. The van der Waals surface area contributed by atoms with Gasteiger partial charge in [0.05, 0.1) is 30.9 Å². The molecule has 9 heteroatoms. The number of benzene rings is 1. The number of ether oxygens (including phenoxy) is 1. The Balaban J connectivity index is 1.29. The molecule has 0 aliphatic carbocycles. The zero-order valence-corrected chi connectivity index (χ0v) is 17.2. The SMILES string of the molecule is O=C(Cc1csc(NC(=O)c2ccsc2)n1)Nc1ccc(N2CCOCC2)cc1. The Kier molecular flexibility index (Phi) is 6.18. The number of carbonyl (C=O) groups is 2. The van der Waals surface area contributed by atoms with Crippen molar-refractivity contribution in [1.29, 1.82) is 0 Å². The molecule has 3 heterocycles. The van der Waals surface area contributed by atoms with Gasteiger partial charge in [-0.2, -0.15) is 11.3 Å². The molecule has 0 saturated carbocycles. The highest BCUT2D eigenvalue weighted by molar-refractivity contribution is 7.14. The molecule has 0 unspecified atom stereocenters. The summed E-state index contributed by atoms with van der Waals surface area (Å²) in [6.07, 6.45) is 0.149. The Morgan fingerprint density at radius 3 is 2.59 bits per heavy atom. The van der Waals surface area contributed by atoms with Crippen LogP contribution >= 0.6 is 22.7 Å². The quantitative estimate of drug-likeness (QED) is 0.628. The number of anilines is 3. The number of nitrogens with zero attached hydrogens (tertiary/aromatic N) is 2. The van der Waals surface area contributed by atoms with Crippen molar-refractivity contribution in [2.45, 2.75) is 6.42 Å². The molecule has 2 amide bonds. The van der Waals surface area contributed by atoms with Crippen LogP contribution in [0.4, 0.5) is 16.5 Å². The molecule has 0 bridgehead atoms. The number of thiazole rings is 1. The highest BCUT2D eigenvalue weighted by Gasteiger charge is 2.13. The standard InChI is InChI=1S/C20H20N4O3S2/c25-18(21-15-1-3-17(4-2-15)24-6-8-27-9-7-24)11-16-13-29-20(22-16)23-19(26)14-5-10-28-12-14/h1-5,10,12-13H,6-9,11H2,(H,21,25)(H,22,23,26). The van der Waals surface area contributed by atoms with E-state index in [9.17, 15) is 9.59 Å². The first-order chi connectivity index (χ1) is 14.2. The Hall–Kier alpha value is -2.75. The molecular formula is C20H20N4O3S2. The average molecular weight is 429 g/mol. The van der Waals surface area contributed by atoms with Crippen LogP contribution < -0.4 is 15.5 Å². The van der Waals surface area contributed by atoms with E-state index < -0.39 is 0 Å². The second kappa shape index (κ2) is 9.17. The molecule has 1 saturated heterocycles. The summed E-state index contributed by atoms with van der Waals surface area (Å²) in [6, 6.07) is 9.56. The van der Waals surface area contributed by atoms with E-state index >= 15 is 0 Å². The maximum atomic E-state index is 12.3. The van der Waals surface area contributed by atoms with Crippen LogP contribution in [0, 0.1) is 0 Å². The Morgan fingerprint density at radius 1 is 1.07 bits per heavy atom. The minimum Gasteiger partial charge on any atom is -0.378 e. The van der Waals surface area contributed by atoms with Gasteiger partial charge in [-0.15, -0.1) is 11.3 Å². The maximum absolute atomic E-state index is 12.3. The topological polar surface area (TPSA) is 83.6 Å². The number of aromatic nitrogens is 1. The van der Waals surface area contributed by atoms with Crippen molar-refractivity contribution in [3.05, 3.63) is 57.7 Å². The van der Waals surface area contributed by atoms with E-state index in [0.29, 0.717) is 16.4 Å². The number of rotatable bonds is 6. The van der Waals surface area contributed by atoms with Gasteiger partial charge in [-0.1, -0.05) is 0 Å². The summed E-state index contributed by atoms with van der Waals surface area (Å²) in [5.74, 6) is -0.345. The lowest BCUT2D eigenvalue weighted by atomic mass is 10.2. The van der Waals surface area contributed by atoms with Crippen LogP contribution in [0.3, 0.4) is 0 Å². The first-order valence-corrected chi connectivity index (χ1v) is 11.0. The Labute approximate surface area is 176 Å². The molecule has 1 aliphatic rings. The minimum atomic E-state index is -0.197. The van der Waals surface area contributed by atoms with Gasteiger partial charge in [0.25, 0.3) is 5.91 Å². The van der Waals surface area contributed by atoms with E-state index in [1.165, 1.54) is 22.7 Å². The average Bonchev–Trinajstić information content (AvgIpc) is 3.42. The smallest absolute Gasteiger partial charge is 0.258 e. The first kappa shape index (κ1) is 19.6. The fourth-order valence-corrected chi connectivity index (χ4v) is 4.30. The Bertz CT molecular complexity index is 964. The van der Waals surface area contributed by atoms with E-state index in [-0.39, 0.29) is 18.2 Å². The predicted molar refractivity (Wildman–Crippen MR) is 116 cm³/mol.